The number of ether oxygens (including phenoxy) is 1. The molecule has 0 unspecified atom stereocenters. The topological polar surface area (TPSA) is 55.4 Å². The lowest BCUT2D eigenvalue weighted by Crippen LogP contribution is -2.41. The SMILES string of the molecule is COC(=O)[C@H](CCCc1ccccc1)NC(=O)c1ccc(-c2ccccc2)cc1. The Kier molecular flexibility index (Phi) is 7.17. The Hall–Kier alpha value is -3.40. The molecule has 1 atom stereocenters. The van der Waals surface area contributed by atoms with E-state index in [4.69, 9.17) is 4.74 Å². The number of amides is 1. The molecule has 0 aliphatic carbocycles. The molecule has 0 radical (unpaired) electrons. The number of methoxy groups -OCH3 is 1. The van der Waals surface area contributed by atoms with Crippen molar-refractivity contribution in [2.75, 3.05) is 7.11 Å². The summed E-state index contributed by atoms with van der Waals surface area (Å²) in [5, 5.41) is 2.82. The minimum atomic E-state index is -0.662. The molecule has 1 N–H and O–H groups in total. The fourth-order valence-corrected chi connectivity index (χ4v) is 3.23. The van der Waals surface area contributed by atoms with E-state index >= 15 is 0 Å². The van der Waals surface area contributed by atoms with Crippen LogP contribution < -0.4 is 5.32 Å². The van der Waals surface area contributed by atoms with E-state index in [1.165, 1.54) is 12.7 Å². The van der Waals surface area contributed by atoms with Gasteiger partial charge in [-0.2, -0.15) is 0 Å². The summed E-state index contributed by atoms with van der Waals surface area (Å²) in [7, 11) is 1.34. The summed E-state index contributed by atoms with van der Waals surface area (Å²) in [6, 6.07) is 26.8. The number of aryl methyl sites for hydroxylation is 1. The summed E-state index contributed by atoms with van der Waals surface area (Å²) in [5.74, 6) is -0.702. The highest BCUT2D eigenvalue weighted by Crippen LogP contribution is 2.19. The minimum absolute atomic E-state index is 0.278. The molecular weight excluding hydrogens is 362 g/mol. The van der Waals surface area contributed by atoms with Gasteiger partial charge in [-0.1, -0.05) is 72.8 Å². The van der Waals surface area contributed by atoms with Crippen LogP contribution in [0, 0.1) is 0 Å². The molecule has 1 amide bonds. The number of carbonyl (C=O) groups is 2. The summed E-state index contributed by atoms with van der Waals surface area (Å²) in [5.41, 5.74) is 3.85. The van der Waals surface area contributed by atoms with Crippen molar-refractivity contribution in [3.8, 4) is 11.1 Å². The molecule has 0 aliphatic rings. The van der Waals surface area contributed by atoms with Gasteiger partial charge in [0.2, 0.25) is 0 Å². The van der Waals surface area contributed by atoms with Crippen molar-refractivity contribution in [2.45, 2.75) is 25.3 Å². The fourth-order valence-electron chi connectivity index (χ4n) is 3.23. The molecule has 0 aromatic heterocycles. The lowest BCUT2D eigenvalue weighted by atomic mass is 10.0. The average molecular weight is 387 g/mol. The predicted octanol–water partition coefficient (Wildman–Crippen LogP) is 4.65. The van der Waals surface area contributed by atoms with Gasteiger partial charge in [-0.3, -0.25) is 4.79 Å². The quantitative estimate of drug-likeness (QED) is 0.573. The molecule has 3 rings (SSSR count). The van der Waals surface area contributed by atoms with Crippen molar-refractivity contribution in [1.29, 1.82) is 0 Å². The molecule has 148 valence electrons. The Labute approximate surface area is 171 Å². The summed E-state index contributed by atoms with van der Waals surface area (Å²) in [4.78, 5) is 24.8. The highest BCUT2D eigenvalue weighted by Gasteiger charge is 2.21. The zero-order chi connectivity index (χ0) is 20.5. The van der Waals surface area contributed by atoms with Crippen LogP contribution in [0.2, 0.25) is 0 Å². The van der Waals surface area contributed by atoms with Crippen LogP contribution in [0.3, 0.4) is 0 Å². The third-order valence-electron chi connectivity index (χ3n) is 4.85. The molecule has 3 aromatic rings. The maximum atomic E-state index is 12.6. The van der Waals surface area contributed by atoms with Crippen LogP contribution in [0.25, 0.3) is 11.1 Å². The van der Waals surface area contributed by atoms with Crippen LogP contribution in [-0.4, -0.2) is 25.0 Å². The molecule has 0 saturated carbocycles. The number of hydrogen-bond acceptors (Lipinski definition) is 3. The highest BCUT2D eigenvalue weighted by atomic mass is 16.5. The zero-order valence-electron chi connectivity index (χ0n) is 16.5. The molecular formula is C25H25NO3. The van der Waals surface area contributed by atoms with E-state index in [2.05, 4.69) is 17.4 Å². The second kappa shape index (κ2) is 10.2. The first-order valence-corrected chi connectivity index (χ1v) is 9.75. The van der Waals surface area contributed by atoms with Crippen LogP contribution >= 0.6 is 0 Å². The van der Waals surface area contributed by atoms with Crippen molar-refractivity contribution in [3.05, 3.63) is 96.1 Å². The number of benzene rings is 3. The van der Waals surface area contributed by atoms with Crippen molar-refractivity contribution >= 4 is 11.9 Å². The van der Waals surface area contributed by atoms with E-state index in [1.807, 2.05) is 60.7 Å². The Balaban J connectivity index is 1.61. The van der Waals surface area contributed by atoms with E-state index in [0.29, 0.717) is 12.0 Å². The van der Waals surface area contributed by atoms with Gasteiger partial charge in [0, 0.05) is 5.56 Å². The first-order valence-electron chi connectivity index (χ1n) is 9.75. The van der Waals surface area contributed by atoms with E-state index < -0.39 is 12.0 Å². The first-order chi connectivity index (χ1) is 14.2. The lowest BCUT2D eigenvalue weighted by molar-refractivity contribution is -0.143. The van der Waals surface area contributed by atoms with Crippen molar-refractivity contribution < 1.29 is 14.3 Å². The monoisotopic (exact) mass is 387 g/mol. The van der Waals surface area contributed by atoms with E-state index in [-0.39, 0.29) is 5.91 Å². The van der Waals surface area contributed by atoms with Crippen LogP contribution in [-0.2, 0) is 16.0 Å². The minimum Gasteiger partial charge on any atom is -0.467 e. The summed E-state index contributed by atoms with van der Waals surface area (Å²) < 4.78 is 4.88. The van der Waals surface area contributed by atoms with Gasteiger partial charge in [0.1, 0.15) is 6.04 Å². The Morgan fingerprint density at radius 3 is 2.03 bits per heavy atom. The van der Waals surface area contributed by atoms with E-state index in [9.17, 15) is 9.59 Å². The molecule has 0 bridgehead atoms. The average Bonchev–Trinajstić information content (AvgIpc) is 2.79. The summed E-state index contributed by atoms with van der Waals surface area (Å²) >= 11 is 0. The summed E-state index contributed by atoms with van der Waals surface area (Å²) in [6.07, 6.45) is 2.14. The molecule has 4 heteroatoms. The van der Waals surface area contributed by atoms with Crippen LogP contribution in [0.4, 0.5) is 0 Å². The Morgan fingerprint density at radius 2 is 1.41 bits per heavy atom. The second-order valence-electron chi connectivity index (χ2n) is 6.87. The molecule has 0 spiro atoms. The summed E-state index contributed by atoms with van der Waals surface area (Å²) in [6.45, 7) is 0. The smallest absolute Gasteiger partial charge is 0.328 e. The van der Waals surface area contributed by atoms with Gasteiger partial charge in [-0.05, 0) is 48.1 Å². The molecule has 3 aromatic carbocycles. The fraction of sp³-hybridized carbons (Fsp3) is 0.200. The standard InChI is InChI=1S/C25H25NO3/c1-29-25(28)23(14-8-11-19-9-4-2-5-10-19)26-24(27)22-17-15-21(16-18-22)20-12-6-3-7-13-20/h2-7,9-10,12-13,15-18,23H,8,11,14H2,1H3,(H,26,27)/t23-/m0/s1. The van der Waals surface area contributed by atoms with Crippen LogP contribution in [0.5, 0.6) is 0 Å². The third-order valence-corrected chi connectivity index (χ3v) is 4.85. The van der Waals surface area contributed by atoms with Gasteiger partial charge in [0.25, 0.3) is 5.91 Å². The number of esters is 1. The van der Waals surface area contributed by atoms with Crippen molar-refractivity contribution in [3.63, 3.8) is 0 Å². The van der Waals surface area contributed by atoms with Gasteiger partial charge in [0.15, 0.2) is 0 Å². The molecule has 0 saturated heterocycles. The number of carbonyl (C=O) groups excluding carboxylic acids is 2. The largest absolute Gasteiger partial charge is 0.467 e. The van der Waals surface area contributed by atoms with Gasteiger partial charge in [0.05, 0.1) is 7.11 Å². The third kappa shape index (κ3) is 5.79. The van der Waals surface area contributed by atoms with Crippen molar-refractivity contribution in [2.24, 2.45) is 0 Å². The van der Waals surface area contributed by atoms with Gasteiger partial charge >= 0.3 is 5.97 Å². The lowest BCUT2D eigenvalue weighted by Gasteiger charge is -2.16. The van der Waals surface area contributed by atoms with Crippen LogP contribution in [0.1, 0.15) is 28.8 Å². The number of nitrogens with one attached hydrogen (secondary N) is 1. The van der Waals surface area contributed by atoms with Gasteiger partial charge in [-0.15, -0.1) is 0 Å². The van der Waals surface area contributed by atoms with Gasteiger partial charge < -0.3 is 10.1 Å². The van der Waals surface area contributed by atoms with Crippen LogP contribution in [0.15, 0.2) is 84.9 Å². The Morgan fingerprint density at radius 1 is 0.828 bits per heavy atom. The molecule has 0 heterocycles. The van der Waals surface area contributed by atoms with Crippen molar-refractivity contribution in [1.82, 2.24) is 5.32 Å². The maximum Gasteiger partial charge on any atom is 0.328 e. The van der Waals surface area contributed by atoms with E-state index in [0.717, 1.165) is 24.0 Å². The maximum absolute atomic E-state index is 12.6. The molecule has 0 fully saturated rings. The number of hydrogen-bond donors (Lipinski definition) is 1. The molecule has 4 nitrogen and oxygen atoms in total. The normalized spacial score (nSPS) is 11.5. The zero-order valence-corrected chi connectivity index (χ0v) is 16.5. The number of rotatable bonds is 8. The van der Waals surface area contributed by atoms with E-state index in [1.54, 1.807) is 12.1 Å². The predicted molar refractivity (Wildman–Crippen MR) is 115 cm³/mol. The first kappa shape index (κ1) is 20.3. The highest BCUT2D eigenvalue weighted by molar-refractivity contribution is 5.97. The molecule has 29 heavy (non-hydrogen) atoms. The van der Waals surface area contributed by atoms with Gasteiger partial charge in [-0.25, -0.2) is 4.79 Å². The Bertz CT molecular complexity index is 921. The molecule has 0 aliphatic heterocycles. The second-order valence-corrected chi connectivity index (χ2v) is 6.87.